The smallest absolute Gasteiger partial charge is 0.124 e. The second kappa shape index (κ2) is 4.83. The number of methoxy groups -OCH3 is 1. The van der Waals surface area contributed by atoms with E-state index in [2.05, 4.69) is 30.4 Å². The first-order valence-corrected chi connectivity index (χ1v) is 6.18. The lowest BCUT2D eigenvalue weighted by atomic mass is 10.0. The molecule has 0 fully saturated rings. The summed E-state index contributed by atoms with van der Waals surface area (Å²) in [4.78, 5) is 0. The molecule has 2 aliphatic rings. The van der Waals surface area contributed by atoms with E-state index in [0.29, 0.717) is 12.5 Å². The van der Waals surface area contributed by atoms with Gasteiger partial charge in [0.05, 0.1) is 6.61 Å². The number of fused-ring (bicyclic) bond motifs is 2. The number of benzene rings is 1. The maximum atomic E-state index is 5.90. The third-order valence-corrected chi connectivity index (χ3v) is 3.39. The monoisotopic (exact) mass is 240 g/mol. The zero-order valence-electron chi connectivity index (χ0n) is 10.4. The molecule has 0 amide bonds. The van der Waals surface area contributed by atoms with Crippen LogP contribution in [-0.2, 0) is 16.1 Å². The third-order valence-electron chi connectivity index (χ3n) is 3.39. The SMILES string of the molecule is COC[C@@H]1C2=CC(OCc3ccccc3)=C1C=C2. The lowest BCUT2D eigenvalue weighted by Crippen LogP contribution is -2.06. The predicted octanol–water partition coefficient (Wildman–Crippen LogP) is 3.23. The lowest BCUT2D eigenvalue weighted by Gasteiger charge is -2.10. The Bertz CT molecular complexity index is 523. The minimum absolute atomic E-state index is 0.376. The number of ether oxygens (including phenoxy) is 2. The fourth-order valence-electron chi connectivity index (χ4n) is 2.45. The number of hydrogen-bond acceptors (Lipinski definition) is 2. The fraction of sp³-hybridized carbons (Fsp3) is 0.250. The second-order valence-corrected chi connectivity index (χ2v) is 4.58. The standard InChI is InChI=1S/C16H16O2/c1-17-11-15-13-7-8-14(15)16(9-13)18-10-12-5-3-2-4-6-12/h2-9,15H,10-11H2,1H3/t15-/m1/s1. The van der Waals surface area contributed by atoms with Crippen molar-refractivity contribution in [3.8, 4) is 0 Å². The number of rotatable bonds is 5. The van der Waals surface area contributed by atoms with E-state index in [1.54, 1.807) is 7.11 Å². The van der Waals surface area contributed by atoms with E-state index < -0.39 is 0 Å². The molecular formula is C16H16O2. The van der Waals surface area contributed by atoms with Gasteiger partial charge in [-0.2, -0.15) is 0 Å². The zero-order valence-corrected chi connectivity index (χ0v) is 10.4. The summed E-state index contributed by atoms with van der Waals surface area (Å²) in [6.07, 6.45) is 6.41. The van der Waals surface area contributed by atoms with E-state index >= 15 is 0 Å². The molecule has 1 aromatic rings. The van der Waals surface area contributed by atoms with Crippen LogP contribution >= 0.6 is 0 Å². The van der Waals surface area contributed by atoms with Crippen molar-refractivity contribution in [2.45, 2.75) is 6.61 Å². The highest BCUT2D eigenvalue weighted by Gasteiger charge is 2.30. The Balaban J connectivity index is 1.70. The zero-order chi connectivity index (χ0) is 12.4. The highest BCUT2D eigenvalue weighted by atomic mass is 16.5. The summed E-state index contributed by atoms with van der Waals surface area (Å²) in [5.41, 5.74) is 3.75. The van der Waals surface area contributed by atoms with Gasteiger partial charge in [-0.05, 0) is 17.2 Å². The molecule has 2 aliphatic carbocycles. The van der Waals surface area contributed by atoms with E-state index in [0.717, 1.165) is 12.4 Å². The molecule has 2 nitrogen and oxygen atoms in total. The van der Waals surface area contributed by atoms with Gasteiger partial charge in [0.1, 0.15) is 12.4 Å². The normalized spacial score (nSPS) is 20.5. The highest BCUT2D eigenvalue weighted by Crippen LogP contribution is 2.39. The van der Waals surface area contributed by atoms with Crippen LogP contribution in [0.15, 0.2) is 65.5 Å². The summed E-state index contributed by atoms with van der Waals surface area (Å²) in [6, 6.07) is 10.2. The highest BCUT2D eigenvalue weighted by molar-refractivity contribution is 5.56. The molecule has 0 spiro atoms. The van der Waals surface area contributed by atoms with Crippen molar-refractivity contribution < 1.29 is 9.47 Å². The van der Waals surface area contributed by atoms with E-state index in [1.165, 1.54) is 16.7 Å². The van der Waals surface area contributed by atoms with Crippen LogP contribution in [-0.4, -0.2) is 13.7 Å². The molecule has 2 heteroatoms. The quantitative estimate of drug-likeness (QED) is 0.786. The van der Waals surface area contributed by atoms with Crippen LogP contribution in [0.1, 0.15) is 5.56 Å². The first-order valence-electron chi connectivity index (χ1n) is 6.18. The van der Waals surface area contributed by atoms with Crippen LogP contribution in [0.2, 0.25) is 0 Å². The van der Waals surface area contributed by atoms with Gasteiger partial charge in [-0.25, -0.2) is 0 Å². The van der Waals surface area contributed by atoms with E-state index in [9.17, 15) is 0 Å². The average Bonchev–Trinajstić information content (AvgIpc) is 2.95. The van der Waals surface area contributed by atoms with Gasteiger partial charge in [0, 0.05) is 18.6 Å². The molecule has 0 saturated heterocycles. The number of hydrogen-bond donors (Lipinski definition) is 0. The van der Waals surface area contributed by atoms with E-state index in [1.807, 2.05) is 18.2 Å². The average molecular weight is 240 g/mol. The van der Waals surface area contributed by atoms with Crippen molar-refractivity contribution in [2.75, 3.05) is 13.7 Å². The summed E-state index contributed by atoms with van der Waals surface area (Å²) in [7, 11) is 1.74. The molecule has 1 atom stereocenters. The minimum atomic E-state index is 0.376. The van der Waals surface area contributed by atoms with Gasteiger partial charge < -0.3 is 9.47 Å². The lowest BCUT2D eigenvalue weighted by molar-refractivity contribution is 0.177. The first-order chi connectivity index (χ1) is 8.88. The van der Waals surface area contributed by atoms with Crippen molar-refractivity contribution in [2.24, 2.45) is 5.92 Å². The van der Waals surface area contributed by atoms with Crippen LogP contribution in [0.4, 0.5) is 0 Å². The van der Waals surface area contributed by atoms with Gasteiger partial charge in [0.15, 0.2) is 0 Å². The molecule has 0 unspecified atom stereocenters. The van der Waals surface area contributed by atoms with Crippen molar-refractivity contribution in [1.82, 2.24) is 0 Å². The van der Waals surface area contributed by atoms with Crippen LogP contribution < -0.4 is 0 Å². The summed E-state index contributed by atoms with van der Waals surface area (Å²) in [5.74, 6) is 1.37. The Morgan fingerprint density at radius 1 is 1.11 bits per heavy atom. The Kier molecular flexibility index (Phi) is 3.03. The van der Waals surface area contributed by atoms with Crippen LogP contribution in [0.3, 0.4) is 0 Å². The van der Waals surface area contributed by atoms with Crippen molar-refractivity contribution in [1.29, 1.82) is 0 Å². The van der Waals surface area contributed by atoms with Crippen LogP contribution in [0.25, 0.3) is 0 Å². The van der Waals surface area contributed by atoms with E-state index in [4.69, 9.17) is 9.47 Å². The van der Waals surface area contributed by atoms with Crippen molar-refractivity contribution in [3.05, 3.63) is 71.0 Å². The van der Waals surface area contributed by atoms with Crippen molar-refractivity contribution >= 4 is 0 Å². The van der Waals surface area contributed by atoms with Crippen molar-refractivity contribution in [3.63, 3.8) is 0 Å². The molecule has 0 saturated carbocycles. The van der Waals surface area contributed by atoms with Crippen LogP contribution in [0.5, 0.6) is 0 Å². The molecular weight excluding hydrogens is 224 g/mol. The largest absolute Gasteiger partial charge is 0.489 e. The molecule has 0 radical (unpaired) electrons. The van der Waals surface area contributed by atoms with E-state index in [-0.39, 0.29) is 0 Å². The molecule has 3 rings (SSSR count). The minimum Gasteiger partial charge on any atom is -0.489 e. The molecule has 18 heavy (non-hydrogen) atoms. The first kappa shape index (κ1) is 11.3. The number of allylic oxidation sites excluding steroid dienone is 3. The second-order valence-electron chi connectivity index (χ2n) is 4.58. The Morgan fingerprint density at radius 2 is 1.94 bits per heavy atom. The summed E-state index contributed by atoms with van der Waals surface area (Å²) in [6.45, 7) is 1.35. The maximum absolute atomic E-state index is 5.90. The molecule has 0 heterocycles. The molecule has 2 bridgehead atoms. The molecule has 0 aliphatic heterocycles. The Morgan fingerprint density at radius 3 is 2.72 bits per heavy atom. The van der Waals surface area contributed by atoms with Gasteiger partial charge in [-0.15, -0.1) is 0 Å². The van der Waals surface area contributed by atoms with Gasteiger partial charge in [-0.1, -0.05) is 42.5 Å². The van der Waals surface area contributed by atoms with Gasteiger partial charge in [0.25, 0.3) is 0 Å². The summed E-state index contributed by atoms with van der Waals surface area (Å²) in [5, 5.41) is 0. The van der Waals surface area contributed by atoms with Gasteiger partial charge >= 0.3 is 0 Å². The summed E-state index contributed by atoms with van der Waals surface area (Å²) >= 11 is 0. The Labute approximate surface area is 107 Å². The maximum Gasteiger partial charge on any atom is 0.124 e. The van der Waals surface area contributed by atoms with Crippen LogP contribution in [0, 0.1) is 5.92 Å². The van der Waals surface area contributed by atoms with Gasteiger partial charge in [0.2, 0.25) is 0 Å². The summed E-state index contributed by atoms with van der Waals surface area (Å²) < 4.78 is 11.1. The molecule has 0 aromatic heterocycles. The third kappa shape index (κ3) is 2.00. The predicted molar refractivity (Wildman–Crippen MR) is 70.8 cm³/mol. The fourth-order valence-corrected chi connectivity index (χ4v) is 2.45. The molecule has 92 valence electrons. The topological polar surface area (TPSA) is 18.5 Å². The van der Waals surface area contributed by atoms with Gasteiger partial charge in [-0.3, -0.25) is 0 Å². The Hall–Kier alpha value is -1.80. The molecule has 1 aromatic carbocycles. The molecule has 0 N–H and O–H groups in total.